The summed E-state index contributed by atoms with van der Waals surface area (Å²) in [5.74, 6) is 0.917. The normalized spacial score (nSPS) is 15.4. The summed E-state index contributed by atoms with van der Waals surface area (Å²) in [6.07, 6.45) is 0.0576. The van der Waals surface area contributed by atoms with Crippen molar-refractivity contribution >= 4 is 17.2 Å². The van der Waals surface area contributed by atoms with Gasteiger partial charge < -0.3 is 9.64 Å². The Bertz CT molecular complexity index is 712. The van der Waals surface area contributed by atoms with Crippen LogP contribution in [0.15, 0.2) is 29.6 Å². The van der Waals surface area contributed by atoms with Gasteiger partial charge in [0.1, 0.15) is 17.5 Å². The number of likely N-dealkylation sites (tertiary alicyclic amines) is 1. The Morgan fingerprint density at radius 1 is 1.30 bits per heavy atom. The quantitative estimate of drug-likeness (QED) is 0.862. The monoisotopic (exact) mass is 330 g/mol. The van der Waals surface area contributed by atoms with Crippen LogP contribution in [0.25, 0.3) is 0 Å². The molecule has 0 atom stereocenters. The van der Waals surface area contributed by atoms with E-state index < -0.39 is 0 Å². The molecule has 0 bridgehead atoms. The van der Waals surface area contributed by atoms with Gasteiger partial charge in [-0.2, -0.15) is 0 Å². The summed E-state index contributed by atoms with van der Waals surface area (Å²) < 4.78 is 6.12. The van der Waals surface area contributed by atoms with Gasteiger partial charge in [0.15, 0.2) is 0 Å². The standard InChI is InChI=1S/C18H22N2O2S/c1-12-19-15(11-23-12)17(21)20-9-13(10-20)22-16-8-6-5-7-14(16)18(2,3)4/h5-8,11,13H,9-10H2,1-4H3. The fourth-order valence-electron chi connectivity index (χ4n) is 2.67. The summed E-state index contributed by atoms with van der Waals surface area (Å²) in [5.41, 5.74) is 1.77. The lowest BCUT2D eigenvalue weighted by atomic mass is 9.86. The second-order valence-electron chi connectivity index (χ2n) is 6.95. The van der Waals surface area contributed by atoms with Gasteiger partial charge in [0.2, 0.25) is 0 Å². The van der Waals surface area contributed by atoms with Crippen LogP contribution in [-0.4, -0.2) is 35.0 Å². The Balaban J connectivity index is 1.62. The second kappa shape index (κ2) is 5.96. The molecule has 23 heavy (non-hydrogen) atoms. The van der Waals surface area contributed by atoms with Crippen molar-refractivity contribution in [2.24, 2.45) is 0 Å². The molecule has 3 rings (SSSR count). The Kier molecular flexibility index (Phi) is 4.15. The minimum Gasteiger partial charge on any atom is -0.486 e. The predicted molar refractivity (Wildman–Crippen MR) is 92.3 cm³/mol. The van der Waals surface area contributed by atoms with Crippen LogP contribution in [0, 0.1) is 6.92 Å². The first-order valence-corrected chi connectivity index (χ1v) is 8.70. The molecule has 5 heteroatoms. The number of thiazole rings is 1. The molecule has 1 saturated heterocycles. The molecule has 0 aliphatic carbocycles. The lowest BCUT2D eigenvalue weighted by Gasteiger charge is -2.39. The van der Waals surface area contributed by atoms with Crippen LogP contribution in [-0.2, 0) is 5.41 Å². The number of para-hydroxylation sites is 1. The maximum Gasteiger partial charge on any atom is 0.273 e. The minimum atomic E-state index is -0.00157. The van der Waals surface area contributed by atoms with E-state index in [0.717, 1.165) is 10.8 Å². The Hall–Kier alpha value is -1.88. The highest BCUT2D eigenvalue weighted by atomic mass is 32.1. The maximum absolute atomic E-state index is 12.3. The van der Waals surface area contributed by atoms with Crippen molar-refractivity contribution in [2.75, 3.05) is 13.1 Å². The molecule has 0 radical (unpaired) electrons. The number of ether oxygens (including phenoxy) is 1. The third-order valence-corrected chi connectivity index (χ3v) is 4.74. The summed E-state index contributed by atoms with van der Waals surface area (Å²) >= 11 is 1.50. The van der Waals surface area contributed by atoms with Crippen LogP contribution in [0.2, 0.25) is 0 Å². The number of rotatable bonds is 3. The van der Waals surface area contributed by atoms with Crippen molar-refractivity contribution in [3.8, 4) is 5.75 Å². The van der Waals surface area contributed by atoms with Gasteiger partial charge in [0.25, 0.3) is 5.91 Å². The van der Waals surface area contributed by atoms with Crippen molar-refractivity contribution in [3.05, 3.63) is 45.9 Å². The highest BCUT2D eigenvalue weighted by Crippen LogP contribution is 2.32. The summed E-state index contributed by atoms with van der Waals surface area (Å²) in [5, 5.41) is 2.74. The molecule has 1 aromatic heterocycles. The Morgan fingerprint density at radius 3 is 2.61 bits per heavy atom. The summed E-state index contributed by atoms with van der Waals surface area (Å²) in [6.45, 7) is 9.68. The zero-order valence-corrected chi connectivity index (χ0v) is 14.8. The molecule has 4 nitrogen and oxygen atoms in total. The average Bonchev–Trinajstić information content (AvgIpc) is 2.88. The van der Waals surface area contributed by atoms with E-state index in [2.05, 4.69) is 31.8 Å². The lowest BCUT2D eigenvalue weighted by molar-refractivity contribution is 0.0167. The van der Waals surface area contributed by atoms with E-state index in [1.807, 2.05) is 30.5 Å². The first-order valence-electron chi connectivity index (χ1n) is 7.82. The molecule has 2 heterocycles. The summed E-state index contributed by atoms with van der Waals surface area (Å²) in [6, 6.07) is 8.14. The zero-order valence-electron chi connectivity index (χ0n) is 14.0. The van der Waals surface area contributed by atoms with Crippen molar-refractivity contribution in [2.45, 2.75) is 39.2 Å². The van der Waals surface area contributed by atoms with E-state index in [1.54, 1.807) is 4.90 Å². The van der Waals surface area contributed by atoms with Gasteiger partial charge >= 0.3 is 0 Å². The Morgan fingerprint density at radius 2 is 2.00 bits per heavy atom. The van der Waals surface area contributed by atoms with Gasteiger partial charge in [-0.15, -0.1) is 11.3 Å². The molecule has 1 amide bonds. The Labute approximate surface area is 141 Å². The number of aryl methyl sites for hydroxylation is 1. The van der Waals surface area contributed by atoms with Crippen LogP contribution in [0.4, 0.5) is 0 Å². The van der Waals surface area contributed by atoms with E-state index in [1.165, 1.54) is 16.9 Å². The zero-order chi connectivity index (χ0) is 16.6. The van der Waals surface area contributed by atoms with Crippen LogP contribution in [0.1, 0.15) is 41.8 Å². The van der Waals surface area contributed by atoms with Crippen LogP contribution in [0.3, 0.4) is 0 Å². The molecular formula is C18H22N2O2S. The van der Waals surface area contributed by atoms with Gasteiger partial charge in [-0.1, -0.05) is 39.0 Å². The SMILES string of the molecule is Cc1nc(C(=O)N2CC(Oc3ccccc3C(C)(C)C)C2)cs1. The van der Waals surface area contributed by atoms with E-state index in [0.29, 0.717) is 18.8 Å². The molecule has 1 aromatic carbocycles. The fraction of sp³-hybridized carbons (Fsp3) is 0.444. The van der Waals surface area contributed by atoms with Crippen LogP contribution in [0.5, 0.6) is 5.75 Å². The number of nitrogens with zero attached hydrogens (tertiary/aromatic N) is 2. The topological polar surface area (TPSA) is 42.4 Å². The number of aromatic nitrogens is 1. The molecule has 1 aliphatic rings. The molecule has 1 fully saturated rings. The number of carbonyl (C=O) groups is 1. The molecule has 0 N–H and O–H groups in total. The number of hydrogen-bond donors (Lipinski definition) is 0. The average molecular weight is 330 g/mol. The number of hydrogen-bond acceptors (Lipinski definition) is 4. The summed E-state index contributed by atoms with van der Waals surface area (Å²) in [7, 11) is 0. The maximum atomic E-state index is 12.3. The van der Waals surface area contributed by atoms with E-state index >= 15 is 0 Å². The number of amides is 1. The molecule has 0 saturated carbocycles. The lowest BCUT2D eigenvalue weighted by Crippen LogP contribution is -2.56. The van der Waals surface area contributed by atoms with Gasteiger partial charge in [-0.3, -0.25) is 4.79 Å². The van der Waals surface area contributed by atoms with Crippen molar-refractivity contribution in [1.82, 2.24) is 9.88 Å². The van der Waals surface area contributed by atoms with E-state index in [9.17, 15) is 4.79 Å². The molecule has 0 unspecified atom stereocenters. The van der Waals surface area contributed by atoms with Crippen LogP contribution >= 0.6 is 11.3 Å². The van der Waals surface area contributed by atoms with E-state index in [-0.39, 0.29) is 17.4 Å². The van der Waals surface area contributed by atoms with Gasteiger partial charge in [0, 0.05) is 5.38 Å². The van der Waals surface area contributed by atoms with Gasteiger partial charge in [0.05, 0.1) is 18.1 Å². The highest BCUT2D eigenvalue weighted by molar-refractivity contribution is 7.09. The third-order valence-electron chi connectivity index (χ3n) is 3.96. The third kappa shape index (κ3) is 3.39. The molecule has 0 spiro atoms. The second-order valence-corrected chi connectivity index (χ2v) is 8.01. The van der Waals surface area contributed by atoms with Gasteiger partial charge in [-0.05, 0) is 24.0 Å². The highest BCUT2D eigenvalue weighted by Gasteiger charge is 2.34. The molecule has 1 aliphatic heterocycles. The van der Waals surface area contributed by atoms with Gasteiger partial charge in [-0.25, -0.2) is 4.98 Å². The van der Waals surface area contributed by atoms with Crippen molar-refractivity contribution in [3.63, 3.8) is 0 Å². The minimum absolute atomic E-state index is 0.00157. The summed E-state index contributed by atoms with van der Waals surface area (Å²) in [4.78, 5) is 18.3. The first-order chi connectivity index (χ1) is 10.8. The smallest absolute Gasteiger partial charge is 0.273 e. The molecule has 122 valence electrons. The fourth-order valence-corrected chi connectivity index (χ4v) is 3.26. The van der Waals surface area contributed by atoms with Crippen molar-refractivity contribution in [1.29, 1.82) is 0 Å². The molecular weight excluding hydrogens is 308 g/mol. The van der Waals surface area contributed by atoms with E-state index in [4.69, 9.17) is 4.74 Å². The number of carbonyl (C=O) groups excluding carboxylic acids is 1. The molecule has 2 aromatic rings. The van der Waals surface area contributed by atoms with Crippen LogP contribution < -0.4 is 4.74 Å². The number of benzene rings is 1. The van der Waals surface area contributed by atoms with Crippen molar-refractivity contribution < 1.29 is 9.53 Å². The predicted octanol–water partition coefficient (Wildman–Crippen LogP) is 3.65. The first kappa shape index (κ1) is 16.0. The largest absolute Gasteiger partial charge is 0.486 e.